The molecule has 1 N–H and O–H groups in total. The predicted molar refractivity (Wildman–Crippen MR) is 137 cm³/mol. The van der Waals surface area contributed by atoms with Gasteiger partial charge in [-0.1, -0.05) is 12.1 Å². The Hall–Kier alpha value is -4.13. The minimum atomic E-state index is -0.908. The number of anilines is 2. The highest BCUT2D eigenvalue weighted by atomic mass is 19.1. The molecule has 184 valence electrons. The first-order valence-corrected chi connectivity index (χ1v) is 12.1. The summed E-state index contributed by atoms with van der Waals surface area (Å²) >= 11 is 0. The Morgan fingerprint density at radius 1 is 0.917 bits per heavy atom. The summed E-state index contributed by atoms with van der Waals surface area (Å²) in [5.74, 6) is -1.63. The largest absolute Gasteiger partial charge is 0.507 e. The molecule has 0 aromatic heterocycles. The second-order valence-corrected chi connectivity index (χ2v) is 8.89. The third-order valence-electron chi connectivity index (χ3n) is 6.67. The molecule has 3 aromatic rings. The lowest BCUT2D eigenvalue weighted by Crippen LogP contribution is -2.29. The number of amides is 1. The standard InChI is InChI=1S/C29H27FN2O4/c1-2-36-24-15-7-20(8-16-24)27(33)25-26(19-5-9-21(30)10-6-19)32(29(35)28(25)34)23-13-11-22(12-14-23)31-17-3-4-18-31/h5-16,26,33H,2-4,17-18H2,1H3/b27-25+. The van der Waals surface area contributed by atoms with Gasteiger partial charge in [0.05, 0.1) is 18.2 Å². The first-order chi connectivity index (χ1) is 17.5. The molecule has 5 rings (SSSR count). The van der Waals surface area contributed by atoms with Crippen LogP contribution in [0.2, 0.25) is 0 Å². The van der Waals surface area contributed by atoms with Crippen LogP contribution >= 0.6 is 0 Å². The number of hydrogen-bond acceptors (Lipinski definition) is 5. The molecule has 2 fully saturated rings. The number of nitrogens with zero attached hydrogens (tertiary/aromatic N) is 2. The van der Waals surface area contributed by atoms with Crippen LogP contribution in [0.1, 0.15) is 36.9 Å². The molecule has 7 heteroatoms. The molecule has 6 nitrogen and oxygen atoms in total. The molecule has 1 unspecified atom stereocenters. The van der Waals surface area contributed by atoms with Crippen LogP contribution < -0.4 is 14.5 Å². The van der Waals surface area contributed by atoms with Crippen molar-refractivity contribution in [2.75, 3.05) is 29.5 Å². The van der Waals surface area contributed by atoms with Gasteiger partial charge in [0.1, 0.15) is 17.3 Å². The van der Waals surface area contributed by atoms with Crippen molar-refractivity contribution in [1.82, 2.24) is 0 Å². The van der Waals surface area contributed by atoms with Crippen LogP contribution in [-0.2, 0) is 9.59 Å². The number of halogens is 1. The molecule has 1 amide bonds. The number of rotatable bonds is 6. The van der Waals surface area contributed by atoms with E-state index < -0.39 is 23.5 Å². The SMILES string of the molecule is CCOc1ccc(/C(O)=C2\C(=O)C(=O)N(c3ccc(N4CCCC4)cc3)C2c2ccc(F)cc2)cc1. The van der Waals surface area contributed by atoms with Gasteiger partial charge in [0.15, 0.2) is 0 Å². The lowest BCUT2D eigenvalue weighted by molar-refractivity contribution is -0.132. The highest BCUT2D eigenvalue weighted by molar-refractivity contribution is 6.51. The van der Waals surface area contributed by atoms with Gasteiger partial charge >= 0.3 is 0 Å². The van der Waals surface area contributed by atoms with Crippen LogP contribution in [0.25, 0.3) is 5.76 Å². The Morgan fingerprint density at radius 2 is 1.53 bits per heavy atom. The van der Waals surface area contributed by atoms with E-state index in [1.807, 2.05) is 31.2 Å². The molecular weight excluding hydrogens is 459 g/mol. The molecule has 2 saturated heterocycles. The molecule has 1 atom stereocenters. The Morgan fingerprint density at radius 3 is 2.14 bits per heavy atom. The Kier molecular flexibility index (Phi) is 6.46. The molecule has 2 heterocycles. The number of ketones is 1. The molecule has 0 bridgehead atoms. The Labute approximate surface area is 209 Å². The molecule has 36 heavy (non-hydrogen) atoms. The maximum atomic E-state index is 13.7. The summed E-state index contributed by atoms with van der Waals surface area (Å²) in [4.78, 5) is 30.3. The van der Waals surface area contributed by atoms with Crippen LogP contribution in [-0.4, -0.2) is 36.5 Å². The zero-order chi connectivity index (χ0) is 25.2. The van der Waals surface area contributed by atoms with Crippen molar-refractivity contribution in [2.45, 2.75) is 25.8 Å². The van der Waals surface area contributed by atoms with E-state index in [2.05, 4.69) is 4.90 Å². The minimum Gasteiger partial charge on any atom is -0.507 e. The van der Waals surface area contributed by atoms with Gasteiger partial charge in [0.25, 0.3) is 11.7 Å². The molecule has 2 aliphatic rings. The summed E-state index contributed by atoms with van der Waals surface area (Å²) in [6.45, 7) is 4.34. The zero-order valence-electron chi connectivity index (χ0n) is 20.0. The Balaban J connectivity index is 1.59. The number of carbonyl (C=O) groups is 2. The fourth-order valence-electron chi connectivity index (χ4n) is 4.89. The number of hydrogen-bond donors (Lipinski definition) is 1. The van der Waals surface area contributed by atoms with E-state index in [4.69, 9.17) is 4.74 Å². The van der Waals surface area contributed by atoms with Crippen molar-refractivity contribution in [3.8, 4) is 5.75 Å². The predicted octanol–water partition coefficient (Wildman–Crippen LogP) is 5.45. The normalized spacial score (nSPS) is 19.2. The molecule has 0 aliphatic carbocycles. The maximum absolute atomic E-state index is 13.7. The van der Waals surface area contributed by atoms with Crippen molar-refractivity contribution in [1.29, 1.82) is 0 Å². The smallest absolute Gasteiger partial charge is 0.300 e. The first-order valence-electron chi connectivity index (χ1n) is 12.1. The van der Waals surface area contributed by atoms with Crippen molar-refractivity contribution in [3.63, 3.8) is 0 Å². The van der Waals surface area contributed by atoms with Gasteiger partial charge < -0.3 is 14.7 Å². The summed E-state index contributed by atoms with van der Waals surface area (Å²) in [6, 6.07) is 18.9. The van der Waals surface area contributed by atoms with Crippen molar-refractivity contribution >= 4 is 28.8 Å². The maximum Gasteiger partial charge on any atom is 0.300 e. The molecule has 0 saturated carbocycles. The van der Waals surface area contributed by atoms with Gasteiger partial charge in [-0.3, -0.25) is 14.5 Å². The van der Waals surface area contributed by atoms with Crippen LogP contribution in [0.4, 0.5) is 15.8 Å². The van der Waals surface area contributed by atoms with Crippen LogP contribution in [0.3, 0.4) is 0 Å². The van der Waals surface area contributed by atoms with Gasteiger partial charge in [0.2, 0.25) is 0 Å². The highest BCUT2D eigenvalue weighted by Crippen LogP contribution is 2.42. The topological polar surface area (TPSA) is 70.1 Å². The van der Waals surface area contributed by atoms with E-state index in [1.54, 1.807) is 24.3 Å². The number of ether oxygens (including phenoxy) is 1. The van der Waals surface area contributed by atoms with E-state index in [1.165, 1.54) is 29.2 Å². The molecular formula is C29H27FN2O4. The minimum absolute atomic E-state index is 0.0422. The van der Waals surface area contributed by atoms with E-state index in [0.29, 0.717) is 29.2 Å². The van der Waals surface area contributed by atoms with E-state index in [0.717, 1.165) is 31.6 Å². The molecule has 0 spiro atoms. The summed E-state index contributed by atoms with van der Waals surface area (Å²) < 4.78 is 19.2. The van der Waals surface area contributed by atoms with E-state index in [-0.39, 0.29) is 11.3 Å². The van der Waals surface area contributed by atoms with E-state index in [9.17, 15) is 19.1 Å². The number of carbonyl (C=O) groups excluding carboxylic acids is 2. The van der Waals surface area contributed by atoms with Crippen molar-refractivity contribution in [2.24, 2.45) is 0 Å². The third kappa shape index (κ3) is 4.33. The molecule has 0 radical (unpaired) electrons. The molecule has 3 aromatic carbocycles. The van der Waals surface area contributed by atoms with Gasteiger partial charge in [-0.15, -0.1) is 0 Å². The van der Waals surface area contributed by atoms with Crippen molar-refractivity contribution in [3.05, 3.63) is 95.3 Å². The van der Waals surface area contributed by atoms with E-state index >= 15 is 0 Å². The van der Waals surface area contributed by atoms with Crippen molar-refractivity contribution < 1.29 is 23.8 Å². The highest BCUT2D eigenvalue weighted by Gasteiger charge is 2.47. The first kappa shape index (κ1) is 23.6. The average Bonchev–Trinajstić information content (AvgIpc) is 3.52. The average molecular weight is 487 g/mol. The van der Waals surface area contributed by atoms with Crippen LogP contribution in [0.15, 0.2) is 78.4 Å². The van der Waals surface area contributed by atoms with Gasteiger partial charge in [0, 0.05) is 30.0 Å². The number of Topliss-reactive ketones (excluding diaryl/α,β-unsaturated/α-hetero) is 1. The summed E-state index contributed by atoms with van der Waals surface area (Å²) in [6.07, 6.45) is 2.29. The monoisotopic (exact) mass is 486 g/mol. The summed E-state index contributed by atoms with van der Waals surface area (Å²) in [5, 5.41) is 11.2. The fraction of sp³-hybridized carbons (Fsp3) is 0.241. The summed E-state index contributed by atoms with van der Waals surface area (Å²) in [7, 11) is 0. The fourth-order valence-corrected chi connectivity index (χ4v) is 4.89. The lowest BCUT2D eigenvalue weighted by atomic mass is 9.95. The van der Waals surface area contributed by atoms with Gasteiger partial charge in [-0.05, 0) is 86.0 Å². The number of benzene rings is 3. The van der Waals surface area contributed by atoms with Crippen LogP contribution in [0, 0.1) is 5.82 Å². The number of aliphatic hydroxyl groups excluding tert-OH is 1. The van der Waals surface area contributed by atoms with Gasteiger partial charge in [-0.25, -0.2) is 4.39 Å². The van der Waals surface area contributed by atoms with Crippen LogP contribution in [0.5, 0.6) is 5.75 Å². The second-order valence-electron chi connectivity index (χ2n) is 8.89. The quantitative estimate of drug-likeness (QED) is 0.285. The zero-order valence-corrected chi connectivity index (χ0v) is 20.0. The third-order valence-corrected chi connectivity index (χ3v) is 6.67. The number of aliphatic hydroxyl groups is 1. The summed E-state index contributed by atoms with van der Waals surface area (Å²) in [5.41, 5.74) is 2.44. The Bertz CT molecular complexity index is 1290. The molecule has 2 aliphatic heterocycles. The van der Waals surface area contributed by atoms with Gasteiger partial charge in [-0.2, -0.15) is 0 Å². The lowest BCUT2D eigenvalue weighted by Gasteiger charge is -2.26. The second kappa shape index (κ2) is 9.85.